The average molecular weight is 284 g/mol. The summed E-state index contributed by atoms with van der Waals surface area (Å²) in [5.74, 6) is -0.0225. The third-order valence-electron chi connectivity index (χ3n) is 2.75. The fourth-order valence-electron chi connectivity index (χ4n) is 1.59. The largest absolute Gasteiger partial charge is 0.337 e. The molecule has 0 fully saturated rings. The second kappa shape index (κ2) is 7.25. The topological polar surface area (TPSA) is 66.5 Å². The van der Waals surface area contributed by atoms with Crippen LogP contribution in [0.5, 0.6) is 0 Å². The van der Waals surface area contributed by atoms with Crippen molar-refractivity contribution in [2.24, 2.45) is 0 Å². The monoisotopic (exact) mass is 284 g/mol. The van der Waals surface area contributed by atoms with E-state index in [0.717, 1.165) is 5.56 Å². The van der Waals surface area contributed by atoms with E-state index in [9.17, 15) is 13.2 Å². The molecule has 0 atom stereocenters. The second-order valence-electron chi connectivity index (χ2n) is 4.22. The molecule has 0 aromatic heterocycles. The Bertz CT molecular complexity index is 500. The van der Waals surface area contributed by atoms with Gasteiger partial charge in [0.15, 0.2) is 0 Å². The van der Waals surface area contributed by atoms with Crippen LogP contribution in [0.4, 0.5) is 0 Å². The molecule has 0 heterocycles. The Morgan fingerprint density at radius 1 is 1.26 bits per heavy atom. The number of rotatable bonds is 7. The van der Waals surface area contributed by atoms with E-state index >= 15 is 0 Å². The highest BCUT2D eigenvalue weighted by Gasteiger charge is 2.11. The van der Waals surface area contributed by atoms with Gasteiger partial charge in [-0.3, -0.25) is 4.79 Å². The Kier molecular flexibility index (Phi) is 5.98. The van der Waals surface area contributed by atoms with Crippen LogP contribution in [0.15, 0.2) is 30.3 Å². The lowest BCUT2D eigenvalue weighted by atomic mass is 10.2. The van der Waals surface area contributed by atoms with Gasteiger partial charge < -0.3 is 4.90 Å². The van der Waals surface area contributed by atoms with Crippen LogP contribution in [0.2, 0.25) is 0 Å². The number of hydrogen-bond acceptors (Lipinski definition) is 3. The van der Waals surface area contributed by atoms with Gasteiger partial charge in [0.05, 0.1) is 5.75 Å². The van der Waals surface area contributed by atoms with E-state index in [4.69, 9.17) is 0 Å². The van der Waals surface area contributed by atoms with Gasteiger partial charge in [-0.2, -0.15) is 0 Å². The van der Waals surface area contributed by atoms with Crippen LogP contribution in [0, 0.1) is 0 Å². The Morgan fingerprint density at radius 3 is 2.42 bits per heavy atom. The van der Waals surface area contributed by atoms with Gasteiger partial charge in [0.25, 0.3) is 0 Å². The van der Waals surface area contributed by atoms with Gasteiger partial charge in [-0.1, -0.05) is 30.3 Å². The zero-order valence-electron chi connectivity index (χ0n) is 11.3. The van der Waals surface area contributed by atoms with Crippen molar-refractivity contribution in [2.75, 3.05) is 18.8 Å². The highest BCUT2D eigenvalue weighted by Crippen LogP contribution is 2.04. The number of nitrogens with one attached hydrogen (secondary N) is 1. The van der Waals surface area contributed by atoms with Gasteiger partial charge in [0.2, 0.25) is 15.9 Å². The molecule has 0 radical (unpaired) electrons. The number of amides is 1. The van der Waals surface area contributed by atoms with Crippen molar-refractivity contribution in [3.05, 3.63) is 35.9 Å². The van der Waals surface area contributed by atoms with Crippen LogP contribution in [0.1, 0.15) is 19.4 Å². The molecule has 0 saturated heterocycles. The smallest absolute Gasteiger partial charge is 0.219 e. The summed E-state index contributed by atoms with van der Waals surface area (Å²) in [6.45, 7) is 4.16. The molecule has 0 aliphatic heterocycles. The van der Waals surface area contributed by atoms with Crippen LogP contribution in [-0.2, 0) is 21.4 Å². The minimum atomic E-state index is -3.20. The zero-order chi connectivity index (χ0) is 14.3. The fraction of sp³-hybridized carbons (Fsp3) is 0.462. The molecule has 0 bridgehead atoms. The fourth-order valence-corrected chi connectivity index (χ4v) is 2.20. The third-order valence-corrected chi connectivity index (χ3v) is 4.15. The van der Waals surface area contributed by atoms with E-state index in [1.165, 1.54) is 6.92 Å². The maximum Gasteiger partial charge on any atom is 0.219 e. The molecule has 1 rings (SSSR count). The number of benzene rings is 1. The molecule has 0 aliphatic carbocycles. The number of sulfonamides is 1. The minimum absolute atomic E-state index is 0.0474. The zero-order valence-corrected chi connectivity index (χ0v) is 12.1. The molecule has 19 heavy (non-hydrogen) atoms. The maximum absolute atomic E-state index is 11.5. The van der Waals surface area contributed by atoms with Crippen molar-refractivity contribution in [1.82, 2.24) is 9.62 Å². The van der Waals surface area contributed by atoms with Gasteiger partial charge in [-0.05, 0) is 12.5 Å². The molecular formula is C13H20N2O3S. The van der Waals surface area contributed by atoms with Crippen LogP contribution in [-0.4, -0.2) is 38.1 Å². The van der Waals surface area contributed by atoms with E-state index in [0.29, 0.717) is 13.1 Å². The molecule has 6 heteroatoms. The first kappa shape index (κ1) is 15.7. The Labute approximate surface area is 114 Å². The maximum atomic E-state index is 11.5. The quantitative estimate of drug-likeness (QED) is 0.811. The number of carbonyl (C=O) groups excluding carboxylic acids is 1. The highest BCUT2D eigenvalue weighted by molar-refractivity contribution is 7.89. The van der Waals surface area contributed by atoms with Crippen molar-refractivity contribution in [1.29, 1.82) is 0 Å². The van der Waals surface area contributed by atoms with Crippen LogP contribution in [0.3, 0.4) is 0 Å². The van der Waals surface area contributed by atoms with E-state index in [2.05, 4.69) is 4.72 Å². The molecule has 5 nitrogen and oxygen atoms in total. The minimum Gasteiger partial charge on any atom is -0.337 e. The molecule has 1 N–H and O–H groups in total. The Morgan fingerprint density at radius 2 is 1.89 bits per heavy atom. The third kappa shape index (κ3) is 5.85. The summed E-state index contributed by atoms with van der Waals surface area (Å²) >= 11 is 0. The van der Waals surface area contributed by atoms with Crippen LogP contribution < -0.4 is 4.72 Å². The molecule has 0 unspecified atom stereocenters. The predicted molar refractivity (Wildman–Crippen MR) is 75.0 cm³/mol. The summed E-state index contributed by atoms with van der Waals surface area (Å²) in [4.78, 5) is 13.1. The van der Waals surface area contributed by atoms with Crippen molar-refractivity contribution in [3.63, 3.8) is 0 Å². The molecule has 106 valence electrons. The molecular weight excluding hydrogens is 264 g/mol. The van der Waals surface area contributed by atoms with Gasteiger partial charge in [-0.25, -0.2) is 13.1 Å². The number of carbonyl (C=O) groups is 1. The summed E-state index contributed by atoms with van der Waals surface area (Å²) in [6.07, 6.45) is 0. The van der Waals surface area contributed by atoms with E-state index in [1.54, 1.807) is 11.8 Å². The van der Waals surface area contributed by atoms with Crippen molar-refractivity contribution >= 4 is 15.9 Å². The summed E-state index contributed by atoms with van der Waals surface area (Å²) in [7, 11) is -3.20. The lowest BCUT2D eigenvalue weighted by Gasteiger charge is -2.21. The van der Waals surface area contributed by atoms with Crippen LogP contribution in [0.25, 0.3) is 0 Å². The molecule has 1 aromatic rings. The lowest BCUT2D eigenvalue weighted by Crippen LogP contribution is -2.37. The van der Waals surface area contributed by atoms with E-state index in [1.807, 2.05) is 30.3 Å². The molecule has 1 aromatic carbocycles. The summed E-state index contributed by atoms with van der Waals surface area (Å²) in [5.41, 5.74) is 1.02. The molecule has 0 aliphatic rings. The SMILES string of the molecule is CCS(=O)(=O)NCCN(Cc1ccccc1)C(C)=O. The Balaban J connectivity index is 2.53. The van der Waals surface area contributed by atoms with Gasteiger partial charge in [0.1, 0.15) is 0 Å². The summed E-state index contributed by atoms with van der Waals surface area (Å²) in [6, 6.07) is 9.61. The lowest BCUT2D eigenvalue weighted by molar-refractivity contribution is -0.129. The molecule has 0 spiro atoms. The number of nitrogens with zero attached hydrogens (tertiary/aromatic N) is 1. The predicted octanol–water partition coefficient (Wildman–Crippen LogP) is 0.974. The number of hydrogen-bond donors (Lipinski definition) is 1. The summed E-state index contributed by atoms with van der Waals surface area (Å²) in [5, 5.41) is 0. The average Bonchev–Trinajstić information content (AvgIpc) is 2.38. The molecule has 0 saturated carbocycles. The first-order valence-electron chi connectivity index (χ1n) is 6.21. The first-order valence-corrected chi connectivity index (χ1v) is 7.86. The van der Waals surface area contributed by atoms with Gasteiger partial charge in [-0.15, -0.1) is 0 Å². The van der Waals surface area contributed by atoms with Gasteiger partial charge in [0, 0.05) is 26.6 Å². The highest BCUT2D eigenvalue weighted by atomic mass is 32.2. The van der Waals surface area contributed by atoms with Gasteiger partial charge >= 0.3 is 0 Å². The van der Waals surface area contributed by atoms with E-state index < -0.39 is 10.0 Å². The Hall–Kier alpha value is -1.40. The first-order chi connectivity index (χ1) is 8.94. The summed E-state index contributed by atoms with van der Waals surface area (Å²) < 4.78 is 25.0. The second-order valence-corrected chi connectivity index (χ2v) is 6.32. The van der Waals surface area contributed by atoms with E-state index in [-0.39, 0.29) is 18.2 Å². The normalized spacial score (nSPS) is 11.3. The van der Waals surface area contributed by atoms with Crippen LogP contribution >= 0.6 is 0 Å². The molecule has 1 amide bonds. The van der Waals surface area contributed by atoms with Crippen molar-refractivity contribution in [2.45, 2.75) is 20.4 Å². The van der Waals surface area contributed by atoms with Crippen molar-refractivity contribution < 1.29 is 13.2 Å². The standard InChI is InChI=1S/C13H20N2O3S/c1-3-19(17,18)14-9-10-15(12(2)16)11-13-7-5-4-6-8-13/h4-8,14H,3,9-11H2,1-2H3. The van der Waals surface area contributed by atoms with Crippen molar-refractivity contribution in [3.8, 4) is 0 Å².